The zero-order valence-corrected chi connectivity index (χ0v) is 9.85. The van der Waals surface area contributed by atoms with Crippen molar-refractivity contribution in [3.63, 3.8) is 0 Å². The molecule has 1 heterocycles. The lowest BCUT2D eigenvalue weighted by Crippen LogP contribution is -2.38. The van der Waals surface area contributed by atoms with Crippen molar-refractivity contribution in [2.75, 3.05) is 13.1 Å². The van der Waals surface area contributed by atoms with Gasteiger partial charge in [0.2, 0.25) is 5.91 Å². The summed E-state index contributed by atoms with van der Waals surface area (Å²) in [5.41, 5.74) is 5.26. The van der Waals surface area contributed by atoms with Crippen molar-refractivity contribution in [2.45, 2.75) is 11.1 Å². The number of nitrogens with two attached hydrogens (primary N) is 1. The number of thiophene rings is 1. The summed E-state index contributed by atoms with van der Waals surface area (Å²) in [6.45, 7) is 1.33. The van der Waals surface area contributed by atoms with E-state index in [1.165, 1.54) is 13.0 Å². The topological polar surface area (TPSA) is 80.5 Å². The monoisotopic (exact) mass is 248 g/mol. The molecule has 84 valence electrons. The molecule has 7 heteroatoms. The molecule has 1 aromatic rings. The van der Waals surface area contributed by atoms with Gasteiger partial charge in [0.05, 0.1) is 0 Å². The van der Waals surface area contributed by atoms with E-state index in [4.69, 9.17) is 5.73 Å². The second-order valence-electron chi connectivity index (χ2n) is 2.82. The van der Waals surface area contributed by atoms with Crippen LogP contribution in [0.25, 0.3) is 0 Å². The summed E-state index contributed by atoms with van der Waals surface area (Å²) >= 11 is 1.08. The maximum Gasteiger partial charge on any atom is 0.276 e. The third-order valence-corrected chi connectivity index (χ3v) is 4.97. The highest BCUT2D eigenvalue weighted by atomic mass is 32.2. The van der Waals surface area contributed by atoms with Crippen LogP contribution in [-0.4, -0.2) is 31.7 Å². The molecule has 0 saturated carbocycles. The largest absolute Gasteiger partial charge is 0.329 e. The molecule has 0 unspecified atom stereocenters. The quantitative estimate of drug-likeness (QED) is 0.828. The fourth-order valence-corrected chi connectivity index (χ4v) is 3.61. The summed E-state index contributed by atoms with van der Waals surface area (Å²) in [6, 6.07) is 3.09. The molecule has 1 amide bonds. The van der Waals surface area contributed by atoms with Gasteiger partial charge < -0.3 is 5.73 Å². The van der Waals surface area contributed by atoms with Gasteiger partial charge >= 0.3 is 0 Å². The predicted octanol–water partition coefficient (Wildman–Crippen LogP) is 0.244. The third kappa shape index (κ3) is 2.55. The van der Waals surface area contributed by atoms with Crippen LogP contribution in [0.2, 0.25) is 0 Å². The van der Waals surface area contributed by atoms with E-state index >= 15 is 0 Å². The molecule has 0 aromatic carbocycles. The molecule has 0 bridgehead atoms. The van der Waals surface area contributed by atoms with Crippen LogP contribution in [-0.2, 0) is 14.8 Å². The van der Waals surface area contributed by atoms with Crippen LogP contribution < -0.4 is 5.73 Å². The van der Waals surface area contributed by atoms with Crippen molar-refractivity contribution in [3.8, 4) is 0 Å². The maximum absolute atomic E-state index is 11.9. The van der Waals surface area contributed by atoms with Crippen LogP contribution in [0.15, 0.2) is 21.7 Å². The molecule has 1 aromatic heterocycles. The molecule has 0 aliphatic carbocycles. The zero-order chi connectivity index (χ0) is 11.5. The Bertz CT molecular complexity index is 425. The number of amides is 1. The minimum atomic E-state index is -3.70. The van der Waals surface area contributed by atoms with Gasteiger partial charge in [-0.1, -0.05) is 6.07 Å². The Morgan fingerprint density at radius 3 is 2.67 bits per heavy atom. The van der Waals surface area contributed by atoms with Gasteiger partial charge in [0.1, 0.15) is 4.21 Å². The SMILES string of the molecule is CC(=O)N(CCN)S(=O)(=O)c1cccs1. The molecule has 0 atom stereocenters. The first kappa shape index (κ1) is 12.2. The average molecular weight is 248 g/mol. The molecule has 0 saturated heterocycles. The highest BCUT2D eigenvalue weighted by Crippen LogP contribution is 2.20. The van der Waals surface area contributed by atoms with Crippen LogP contribution >= 0.6 is 11.3 Å². The first-order valence-electron chi connectivity index (χ1n) is 4.27. The molecule has 0 aliphatic rings. The van der Waals surface area contributed by atoms with Crippen LogP contribution in [0.5, 0.6) is 0 Å². The first-order valence-corrected chi connectivity index (χ1v) is 6.59. The van der Waals surface area contributed by atoms with Gasteiger partial charge in [-0.2, -0.15) is 0 Å². The Labute approximate surface area is 92.6 Å². The van der Waals surface area contributed by atoms with Crippen molar-refractivity contribution < 1.29 is 13.2 Å². The molecule has 5 nitrogen and oxygen atoms in total. The van der Waals surface area contributed by atoms with E-state index in [9.17, 15) is 13.2 Å². The Kier molecular flexibility index (Phi) is 3.83. The Hall–Kier alpha value is -0.920. The molecule has 0 radical (unpaired) electrons. The van der Waals surface area contributed by atoms with E-state index in [2.05, 4.69) is 0 Å². The summed E-state index contributed by atoms with van der Waals surface area (Å²) in [6.07, 6.45) is 0. The van der Waals surface area contributed by atoms with E-state index < -0.39 is 15.9 Å². The van der Waals surface area contributed by atoms with Crippen LogP contribution in [0, 0.1) is 0 Å². The van der Waals surface area contributed by atoms with E-state index in [-0.39, 0.29) is 17.3 Å². The third-order valence-electron chi connectivity index (χ3n) is 1.72. The van der Waals surface area contributed by atoms with Gasteiger partial charge in [-0.25, -0.2) is 12.7 Å². The van der Waals surface area contributed by atoms with E-state index in [1.54, 1.807) is 11.4 Å². The first-order chi connectivity index (χ1) is 7.00. The summed E-state index contributed by atoms with van der Waals surface area (Å²) in [5.74, 6) is -0.520. The number of nitrogens with zero attached hydrogens (tertiary/aromatic N) is 1. The minimum absolute atomic E-state index is 0.00949. The molecular weight excluding hydrogens is 236 g/mol. The molecule has 0 fully saturated rings. The van der Waals surface area contributed by atoms with Crippen molar-refractivity contribution in [2.24, 2.45) is 5.73 Å². The highest BCUT2D eigenvalue weighted by molar-refractivity contribution is 7.91. The molecule has 2 N–H and O–H groups in total. The number of sulfonamides is 1. The number of hydrogen-bond acceptors (Lipinski definition) is 5. The Morgan fingerprint density at radius 2 is 2.27 bits per heavy atom. The van der Waals surface area contributed by atoms with Gasteiger partial charge in [0.15, 0.2) is 0 Å². The zero-order valence-electron chi connectivity index (χ0n) is 8.21. The van der Waals surface area contributed by atoms with Gasteiger partial charge in [-0.3, -0.25) is 4.79 Å². The van der Waals surface area contributed by atoms with Crippen molar-refractivity contribution in [3.05, 3.63) is 17.5 Å². The number of carbonyl (C=O) groups excluding carboxylic acids is 1. The predicted molar refractivity (Wildman–Crippen MR) is 57.9 cm³/mol. The summed E-state index contributed by atoms with van der Waals surface area (Å²) in [7, 11) is -3.70. The second-order valence-corrected chi connectivity index (χ2v) is 5.85. The fraction of sp³-hybridized carbons (Fsp3) is 0.375. The van der Waals surface area contributed by atoms with Crippen LogP contribution in [0.3, 0.4) is 0 Å². The lowest BCUT2D eigenvalue weighted by Gasteiger charge is -2.18. The average Bonchev–Trinajstić information content (AvgIpc) is 2.66. The second kappa shape index (κ2) is 4.73. The summed E-state index contributed by atoms with van der Waals surface area (Å²) in [5, 5.41) is 1.65. The number of hydrogen-bond donors (Lipinski definition) is 1. The van der Waals surface area contributed by atoms with E-state index in [0.29, 0.717) is 0 Å². The fourth-order valence-electron chi connectivity index (χ4n) is 1.08. The molecular formula is C8H12N2O3S2. The van der Waals surface area contributed by atoms with E-state index in [0.717, 1.165) is 15.6 Å². The minimum Gasteiger partial charge on any atom is -0.329 e. The lowest BCUT2D eigenvalue weighted by atomic mass is 10.6. The highest BCUT2D eigenvalue weighted by Gasteiger charge is 2.26. The van der Waals surface area contributed by atoms with Gasteiger partial charge in [0.25, 0.3) is 10.0 Å². The standard InChI is InChI=1S/C8H12N2O3S2/c1-7(11)10(5-4-9)15(12,13)8-3-2-6-14-8/h2-3,6H,4-5,9H2,1H3. The van der Waals surface area contributed by atoms with Crippen LogP contribution in [0.1, 0.15) is 6.92 Å². The normalized spacial score (nSPS) is 11.3. The van der Waals surface area contributed by atoms with Crippen LogP contribution in [0.4, 0.5) is 0 Å². The molecule has 0 aliphatic heterocycles. The summed E-state index contributed by atoms with van der Waals surface area (Å²) in [4.78, 5) is 11.2. The maximum atomic E-state index is 11.9. The number of rotatable bonds is 4. The lowest BCUT2D eigenvalue weighted by molar-refractivity contribution is -0.124. The van der Waals surface area contributed by atoms with Crippen molar-refractivity contribution in [1.82, 2.24) is 4.31 Å². The molecule has 1 rings (SSSR count). The smallest absolute Gasteiger partial charge is 0.276 e. The van der Waals surface area contributed by atoms with Gasteiger partial charge in [-0.05, 0) is 11.4 Å². The molecule has 0 spiro atoms. The van der Waals surface area contributed by atoms with Crippen molar-refractivity contribution >= 4 is 27.3 Å². The Balaban J connectivity index is 3.08. The Morgan fingerprint density at radius 1 is 1.60 bits per heavy atom. The summed E-state index contributed by atoms with van der Waals surface area (Å²) < 4.78 is 24.7. The van der Waals surface area contributed by atoms with Gasteiger partial charge in [-0.15, -0.1) is 11.3 Å². The van der Waals surface area contributed by atoms with Gasteiger partial charge in [0, 0.05) is 20.0 Å². The molecule has 15 heavy (non-hydrogen) atoms. The van der Waals surface area contributed by atoms with E-state index in [1.807, 2.05) is 0 Å². The van der Waals surface area contributed by atoms with Crippen molar-refractivity contribution in [1.29, 1.82) is 0 Å². The number of carbonyl (C=O) groups is 1.